The van der Waals surface area contributed by atoms with Gasteiger partial charge >= 0.3 is 0 Å². The van der Waals surface area contributed by atoms with Gasteiger partial charge in [-0.15, -0.1) is 11.3 Å². The van der Waals surface area contributed by atoms with E-state index in [4.69, 9.17) is 4.74 Å². The van der Waals surface area contributed by atoms with Crippen LogP contribution in [0.2, 0.25) is 0 Å². The van der Waals surface area contributed by atoms with Crippen LogP contribution in [-0.4, -0.2) is 51.2 Å². The van der Waals surface area contributed by atoms with E-state index in [1.807, 2.05) is 25.4 Å². The lowest BCUT2D eigenvalue weighted by atomic mass is 10.2. The standard InChI is InChI=1S/C19H23N7OS/c1-12(2)17-23-13(3)16(28-17)15-4-5-20-19(24-15)25-18-21-10-14(11-22-18)26-6-8-27-9-7-26/h4-5,10-12H,6-9H2,1-3H3,(H,20,21,22,24,25). The van der Waals surface area contributed by atoms with Gasteiger partial charge < -0.3 is 9.64 Å². The molecule has 1 aliphatic heterocycles. The van der Waals surface area contributed by atoms with Crippen molar-refractivity contribution in [3.8, 4) is 10.6 Å². The quantitative estimate of drug-likeness (QED) is 0.701. The highest BCUT2D eigenvalue weighted by Crippen LogP contribution is 2.32. The van der Waals surface area contributed by atoms with E-state index in [2.05, 4.69) is 49.0 Å². The van der Waals surface area contributed by atoms with Gasteiger partial charge in [0.05, 0.1) is 52.6 Å². The van der Waals surface area contributed by atoms with Crippen LogP contribution in [-0.2, 0) is 4.74 Å². The minimum Gasteiger partial charge on any atom is -0.378 e. The summed E-state index contributed by atoms with van der Waals surface area (Å²) >= 11 is 1.68. The zero-order chi connectivity index (χ0) is 19.5. The fourth-order valence-corrected chi connectivity index (χ4v) is 3.96. The minimum absolute atomic E-state index is 0.398. The summed E-state index contributed by atoms with van der Waals surface area (Å²) in [4.78, 5) is 25.7. The number of rotatable bonds is 5. The molecule has 28 heavy (non-hydrogen) atoms. The molecule has 1 saturated heterocycles. The zero-order valence-corrected chi connectivity index (χ0v) is 17.0. The first-order valence-electron chi connectivity index (χ1n) is 9.32. The van der Waals surface area contributed by atoms with Gasteiger partial charge in [0.2, 0.25) is 11.9 Å². The number of ether oxygens (including phenoxy) is 1. The molecule has 0 atom stereocenters. The predicted molar refractivity (Wildman–Crippen MR) is 110 cm³/mol. The van der Waals surface area contributed by atoms with Crippen molar-refractivity contribution in [1.82, 2.24) is 24.9 Å². The van der Waals surface area contributed by atoms with Gasteiger partial charge in [0.1, 0.15) is 0 Å². The van der Waals surface area contributed by atoms with E-state index in [-0.39, 0.29) is 0 Å². The maximum Gasteiger partial charge on any atom is 0.230 e. The third-order valence-corrected chi connectivity index (χ3v) is 5.91. The monoisotopic (exact) mass is 397 g/mol. The summed E-state index contributed by atoms with van der Waals surface area (Å²) in [6.07, 6.45) is 5.36. The summed E-state index contributed by atoms with van der Waals surface area (Å²) in [6, 6.07) is 1.90. The van der Waals surface area contributed by atoms with Crippen LogP contribution in [0.25, 0.3) is 10.6 Å². The molecule has 9 heteroatoms. The molecular weight excluding hydrogens is 374 g/mol. The Morgan fingerprint density at radius 3 is 2.50 bits per heavy atom. The number of morpholine rings is 1. The van der Waals surface area contributed by atoms with Gasteiger partial charge in [-0.2, -0.15) is 0 Å². The van der Waals surface area contributed by atoms with E-state index in [0.717, 1.165) is 53.3 Å². The van der Waals surface area contributed by atoms with Crippen LogP contribution in [0, 0.1) is 6.92 Å². The Morgan fingerprint density at radius 2 is 1.82 bits per heavy atom. The van der Waals surface area contributed by atoms with Gasteiger partial charge in [0.15, 0.2) is 0 Å². The summed E-state index contributed by atoms with van der Waals surface area (Å²) < 4.78 is 5.38. The van der Waals surface area contributed by atoms with Crippen LogP contribution in [0.1, 0.15) is 30.5 Å². The third-order valence-electron chi connectivity index (χ3n) is 4.43. The summed E-state index contributed by atoms with van der Waals surface area (Å²) in [5.74, 6) is 1.34. The average Bonchev–Trinajstić information content (AvgIpc) is 3.12. The Morgan fingerprint density at radius 1 is 1.07 bits per heavy atom. The van der Waals surface area contributed by atoms with Gasteiger partial charge in [-0.05, 0) is 13.0 Å². The maximum absolute atomic E-state index is 5.38. The number of aromatic nitrogens is 5. The number of hydrogen-bond acceptors (Lipinski definition) is 9. The van der Waals surface area contributed by atoms with Crippen LogP contribution in [0.4, 0.5) is 17.6 Å². The highest BCUT2D eigenvalue weighted by Gasteiger charge is 2.15. The molecule has 0 bridgehead atoms. The number of aryl methyl sites for hydroxylation is 1. The number of thiazole rings is 1. The highest BCUT2D eigenvalue weighted by atomic mass is 32.1. The molecular formula is C19H23N7OS. The molecule has 1 N–H and O–H groups in total. The Kier molecular flexibility index (Phi) is 5.45. The molecule has 0 amide bonds. The number of nitrogens with one attached hydrogen (secondary N) is 1. The lowest BCUT2D eigenvalue weighted by Gasteiger charge is -2.28. The van der Waals surface area contributed by atoms with Crippen LogP contribution in [0.3, 0.4) is 0 Å². The first kappa shape index (κ1) is 18.7. The molecule has 0 aliphatic carbocycles. The lowest BCUT2D eigenvalue weighted by Crippen LogP contribution is -2.36. The van der Waals surface area contributed by atoms with Crippen molar-refractivity contribution >= 4 is 28.9 Å². The van der Waals surface area contributed by atoms with E-state index in [1.165, 1.54) is 0 Å². The second-order valence-corrected chi connectivity index (χ2v) is 7.91. The fourth-order valence-electron chi connectivity index (χ4n) is 2.92. The topological polar surface area (TPSA) is 89.0 Å². The Balaban J connectivity index is 1.50. The molecule has 0 aromatic carbocycles. The van der Waals surface area contributed by atoms with Crippen LogP contribution in [0.15, 0.2) is 24.7 Å². The van der Waals surface area contributed by atoms with Gasteiger partial charge in [-0.1, -0.05) is 13.8 Å². The normalized spacial score (nSPS) is 14.5. The zero-order valence-electron chi connectivity index (χ0n) is 16.2. The van der Waals surface area contributed by atoms with E-state index >= 15 is 0 Å². The molecule has 3 aromatic heterocycles. The summed E-state index contributed by atoms with van der Waals surface area (Å²) in [5, 5.41) is 4.20. The second-order valence-electron chi connectivity index (χ2n) is 6.88. The lowest BCUT2D eigenvalue weighted by molar-refractivity contribution is 0.122. The summed E-state index contributed by atoms with van der Waals surface area (Å²) in [5.41, 5.74) is 2.83. The van der Waals surface area contributed by atoms with Crippen LogP contribution >= 0.6 is 11.3 Å². The highest BCUT2D eigenvalue weighted by molar-refractivity contribution is 7.15. The molecule has 0 unspecified atom stereocenters. The van der Waals surface area contributed by atoms with E-state index in [0.29, 0.717) is 17.8 Å². The Bertz CT molecular complexity index is 936. The number of hydrogen-bond donors (Lipinski definition) is 1. The fraction of sp³-hybridized carbons (Fsp3) is 0.421. The summed E-state index contributed by atoms with van der Waals surface area (Å²) in [7, 11) is 0. The van der Waals surface area contributed by atoms with Crippen LogP contribution in [0.5, 0.6) is 0 Å². The molecule has 1 aliphatic rings. The summed E-state index contributed by atoms with van der Waals surface area (Å²) in [6.45, 7) is 9.48. The van der Waals surface area contributed by atoms with Crippen molar-refractivity contribution in [3.63, 3.8) is 0 Å². The molecule has 0 saturated carbocycles. The first-order valence-corrected chi connectivity index (χ1v) is 10.1. The minimum atomic E-state index is 0.398. The average molecular weight is 398 g/mol. The van der Waals surface area contributed by atoms with E-state index in [1.54, 1.807) is 17.5 Å². The van der Waals surface area contributed by atoms with Crippen molar-refractivity contribution in [2.45, 2.75) is 26.7 Å². The molecule has 1 fully saturated rings. The van der Waals surface area contributed by atoms with Crippen molar-refractivity contribution in [2.75, 3.05) is 36.5 Å². The molecule has 0 radical (unpaired) electrons. The number of nitrogens with zero attached hydrogens (tertiary/aromatic N) is 6. The smallest absolute Gasteiger partial charge is 0.230 e. The van der Waals surface area contributed by atoms with Crippen molar-refractivity contribution in [1.29, 1.82) is 0 Å². The van der Waals surface area contributed by atoms with Gasteiger partial charge in [0, 0.05) is 25.2 Å². The van der Waals surface area contributed by atoms with Crippen LogP contribution < -0.4 is 10.2 Å². The maximum atomic E-state index is 5.38. The molecule has 146 valence electrons. The predicted octanol–water partition coefficient (Wildman–Crippen LogP) is 3.40. The SMILES string of the molecule is Cc1nc(C(C)C)sc1-c1ccnc(Nc2ncc(N3CCOCC3)cn2)n1. The van der Waals surface area contributed by atoms with Gasteiger partial charge in [-0.25, -0.2) is 24.9 Å². The second kappa shape index (κ2) is 8.15. The Labute approximate surface area is 168 Å². The molecule has 0 spiro atoms. The van der Waals surface area contributed by atoms with Crippen molar-refractivity contribution in [3.05, 3.63) is 35.4 Å². The van der Waals surface area contributed by atoms with E-state index < -0.39 is 0 Å². The third kappa shape index (κ3) is 4.10. The van der Waals surface area contributed by atoms with Crippen molar-refractivity contribution < 1.29 is 4.74 Å². The van der Waals surface area contributed by atoms with E-state index in [9.17, 15) is 0 Å². The molecule has 8 nitrogen and oxygen atoms in total. The molecule has 4 rings (SSSR count). The number of anilines is 3. The van der Waals surface area contributed by atoms with Gasteiger partial charge in [-0.3, -0.25) is 5.32 Å². The van der Waals surface area contributed by atoms with Crippen molar-refractivity contribution in [2.24, 2.45) is 0 Å². The molecule has 3 aromatic rings. The van der Waals surface area contributed by atoms with Gasteiger partial charge in [0.25, 0.3) is 0 Å². The molecule has 4 heterocycles. The largest absolute Gasteiger partial charge is 0.378 e. The first-order chi connectivity index (χ1) is 13.6. The Hall–Kier alpha value is -2.65.